The normalized spacial score (nSPS) is 9.00. The van der Waals surface area contributed by atoms with E-state index in [-0.39, 0.29) is 5.82 Å². The Kier molecular flexibility index (Phi) is 14.0. The average molecular weight is 325 g/mol. The standard InChI is InChI=1S/C8H9BrFN.C4H10.H3NS/c9-7-3-6(1-2-11)4-8(10)5-7;1-4(2)3;1-2/h3-5H,1-2,11H2;4H,1-3H3;2H,1H2. The van der Waals surface area contributed by atoms with E-state index in [2.05, 4.69) is 54.7 Å². The molecule has 0 saturated carbocycles. The summed E-state index contributed by atoms with van der Waals surface area (Å²) in [6.07, 6.45) is 0.719. The van der Waals surface area contributed by atoms with Gasteiger partial charge in [-0.25, -0.2) is 4.39 Å². The van der Waals surface area contributed by atoms with Crippen molar-refractivity contribution in [2.45, 2.75) is 27.2 Å². The van der Waals surface area contributed by atoms with Crippen molar-refractivity contribution in [2.75, 3.05) is 6.54 Å². The fourth-order valence-corrected chi connectivity index (χ4v) is 1.43. The van der Waals surface area contributed by atoms with Gasteiger partial charge >= 0.3 is 0 Å². The summed E-state index contributed by atoms with van der Waals surface area (Å²) in [4.78, 5) is 0. The minimum Gasteiger partial charge on any atom is -0.330 e. The van der Waals surface area contributed by atoms with Gasteiger partial charge in [-0.2, -0.15) is 0 Å². The van der Waals surface area contributed by atoms with Crippen LogP contribution in [0.4, 0.5) is 4.39 Å². The summed E-state index contributed by atoms with van der Waals surface area (Å²) in [6.45, 7) is 7.05. The number of rotatable bonds is 2. The van der Waals surface area contributed by atoms with Crippen LogP contribution in [0, 0.1) is 11.7 Å². The molecule has 0 aromatic heterocycles. The van der Waals surface area contributed by atoms with Crippen molar-refractivity contribution in [2.24, 2.45) is 16.8 Å². The Morgan fingerprint density at radius 1 is 1.24 bits per heavy atom. The number of benzene rings is 1. The molecule has 1 aromatic carbocycles. The molecule has 17 heavy (non-hydrogen) atoms. The van der Waals surface area contributed by atoms with Crippen LogP contribution in [0.3, 0.4) is 0 Å². The maximum absolute atomic E-state index is 12.7. The van der Waals surface area contributed by atoms with Crippen molar-refractivity contribution >= 4 is 28.7 Å². The second-order valence-electron chi connectivity index (χ2n) is 4.05. The Hall–Kier alpha value is -0.100. The third kappa shape index (κ3) is 13.8. The number of halogens is 2. The number of hydrogen-bond donors (Lipinski definition) is 3. The third-order valence-corrected chi connectivity index (χ3v) is 1.81. The molecule has 1 rings (SSSR count). The lowest BCUT2D eigenvalue weighted by Crippen LogP contribution is -2.02. The predicted molar refractivity (Wildman–Crippen MR) is 80.5 cm³/mol. The molecule has 0 bridgehead atoms. The molecule has 0 radical (unpaired) electrons. The van der Waals surface area contributed by atoms with Crippen molar-refractivity contribution in [3.8, 4) is 0 Å². The first-order chi connectivity index (χ1) is 7.95. The molecule has 0 aliphatic carbocycles. The summed E-state index contributed by atoms with van der Waals surface area (Å²) >= 11 is 6.23. The second kappa shape index (κ2) is 12.4. The van der Waals surface area contributed by atoms with Crippen LogP contribution in [0.5, 0.6) is 0 Å². The average Bonchev–Trinajstić information content (AvgIpc) is 2.18. The van der Waals surface area contributed by atoms with Crippen molar-refractivity contribution < 1.29 is 4.39 Å². The third-order valence-electron chi connectivity index (χ3n) is 1.36. The van der Waals surface area contributed by atoms with Gasteiger partial charge in [0.1, 0.15) is 5.82 Å². The Labute approximate surface area is 118 Å². The van der Waals surface area contributed by atoms with E-state index in [1.165, 1.54) is 12.1 Å². The van der Waals surface area contributed by atoms with Crippen LogP contribution in [0.1, 0.15) is 26.3 Å². The van der Waals surface area contributed by atoms with Crippen LogP contribution in [0.2, 0.25) is 0 Å². The molecule has 0 fully saturated rings. The minimum atomic E-state index is -0.220. The predicted octanol–water partition coefficient (Wildman–Crippen LogP) is 3.54. The lowest BCUT2D eigenvalue weighted by Gasteiger charge is -1.99. The minimum absolute atomic E-state index is 0.220. The Bertz CT molecular complexity index is 273. The first kappa shape index (κ1) is 19.2. The largest absolute Gasteiger partial charge is 0.330 e. The SMILES string of the molecule is CC(C)C.NCCc1cc(F)cc(Br)c1.NS. The Morgan fingerprint density at radius 3 is 2.06 bits per heavy atom. The molecule has 0 unspecified atom stereocenters. The highest BCUT2D eigenvalue weighted by Gasteiger charge is 1.96. The molecule has 0 atom stereocenters. The molecule has 4 N–H and O–H groups in total. The lowest BCUT2D eigenvalue weighted by molar-refractivity contribution is 0.624. The zero-order valence-electron chi connectivity index (χ0n) is 10.6. The van der Waals surface area contributed by atoms with Crippen LogP contribution in [0.15, 0.2) is 22.7 Å². The quantitative estimate of drug-likeness (QED) is 0.729. The smallest absolute Gasteiger partial charge is 0.124 e. The van der Waals surface area contributed by atoms with E-state index in [0.29, 0.717) is 6.54 Å². The van der Waals surface area contributed by atoms with E-state index >= 15 is 0 Å². The summed E-state index contributed by atoms with van der Waals surface area (Å²) in [5.74, 6) is 0.614. The van der Waals surface area contributed by atoms with Gasteiger partial charge in [0, 0.05) is 4.47 Å². The lowest BCUT2D eigenvalue weighted by atomic mass is 10.1. The monoisotopic (exact) mass is 324 g/mol. The van der Waals surface area contributed by atoms with Crippen LogP contribution >= 0.6 is 28.7 Å². The molecular weight excluding hydrogens is 303 g/mol. The van der Waals surface area contributed by atoms with Gasteiger partial charge in [-0.05, 0) is 42.6 Å². The van der Waals surface area contributed by atoms with Crippen LogP contribution in [0.25, 0.3) is 0 Å². The van der Waals surface area contributed by atoms with Gasteiger partial charge < -0.3 is 5.73 Å². The molecule has 0 spiro atoms. The molecule has 100 valence electrons. The van der Waals surface area contributed by atoms with Gasteiger partial charge in [-0.15, -0.1) is 12.8 Å². The van der Waals surface area contributed by atoms with E-state index in [1.807, 2.05) is 6.07 Å². The fourth-order valence-electron chi connectivity index (χ4n) is 0.922. The van der Waals surface area contributed by atoms with Gasteiger partial charge in [-0.1, -0.05) is 36.7 Å². The molecule has 0 aliphatic heterocycles. The first-order valence-corrected chi connectivity index (χ1v) is 6.67. The number of hydrogen-bond acceptors (Lipinski definition) is 3. The summed E-state index contributed by atoms with van der Waals surface area (Å²) in [5.41, 5.74) is 6.25. The Balaban J connectivity index is 0. The molecule has 0 amide bonds. The van der Waals surface area contributed by atoms with E-state index in [9.17, 15) is 4.39 Å². The van der Waals surface area contributed by atoms with Gasteiger partial charge in [0.05, 0.1) is 0 Å². The molecule has 0 aliphatic rings. The van der Waals surface area contributed by atoms with Gasteiger partial charge in [0.25, 0.3) is 0 Å². The van der Waals surface area contributed by atoms with E-state index < -0.39 is 0 Å². The summed E-state index contributed by atoms with van der Waals surface area (Å²) in [5, 5.41) is 4.19. The van der Waals surface area contributed by atoms with Crippen LogP contribution < -0.4 is 10.9 Å². The molecule has 5 heteroatoms. The molecular formula is C12H22BrFN2S. The van der Waals surface area contributed by atoms with Crippen molar-refractivity contribution in [3.63, 3.8) is 0 Å². The van der Waals surface area contributed by atoms with E-state index in [0.717, 1.165) is 22.4 Å². The first-order valence-electron chi connectivity index (χ1n) is 5.36. The van der Waals surface area contributed by atoms with Crippen molar-refractivity contribution in [1.82, 2.24) is 0 Å². The summed E-state index contributed by atoms with van der Waals surface area (Å²) in [7, 11) is 0. The van der Waals surface area contributed by atoms with E-state index in [4.69, 9.17) is 5.73 Å². The summed E-state index contributed by atoms with van der Waals surface area (Å²) in [6, 6.07) is 4.80. The van der Waals surface area contributed by atoms with Gasteiger partial charge in [-0.3, -0.25) is 5.14 Å². The highest BCUT2D eigenvalue weighted by molar-refractivity contribution is 9.10. The highest BCUT2D eigenvalue weighted by atomic mass is 79.9. The number of nitrogens with two attached hydrogens (primary N) is 2. The van der Waals surface area contributed by atoms with Crippen LogP contribution in [-0.4, -0.2) is 6.54 Å². The molecule has 1 aromatic rings. The van der Waals surface area contributed by atoms with Crippen molar-refractivity contribution in [1.29, 1.82) is 0 Å². The maximum atomic E-state index is 12.7. The number of thiol groups is 1. The highest BCUT2D eigenvalue weighted by Crippen LogP contribution is 2.14. The van der Waals surface area contributed by atoms with E-state index in [1.54, 1.807) is 0 Å². The maximum Gasteiger partial charge on any atom is 0.124 e. The topological polar surface area (TPSA) is 52.0 Å². The molecule has 2 nitrogen and oxygen atoms in total. The van der Waals surface area contributed by atoms with Gasteiger partial charge in [0.15, 0.2) is 0 Å². The summed E-state index contributed by atoms with van der Waals surface area (Å²) < 4.78 is 13.4. The molecule has 0 heterocycles. The fraction of sp³-hybridized carbons (Fsp3) is 0.500. The second-order valence-corrected chi connectivity index (χ2v) is 4.96. The van der Waals surface area contributed by atoms with Crippen LogP contribution in [-0.2, 0) is 6.42 Å². The molecule has 0 saturated heterocycles. The van der Waals surface area contributed by atoms with Crippen molar-refractivity contribution in [3.05, 3.63) is 34.1 Å². The Morgan fingerprint density at radius 2 is 1.71 bits per heavy atom. The zero-order chi connectivity index (χ0) is 13.8. The van der Waals surface area contributed by atoms with Gasteiger partial charge in [0.2, 0.25) is 0 Å². The zero-order valence-corrected chi connectivity index (χ0v) is 13.1.